The molecule has 17 heteroatoms. The van der Waals surface area contributed by atoms with Crippen LogP contribution >= 0.6 is 0 Å². The third-order valence-corrected chi connectivity index (χ3v) is 3.61. The molecule has 0 amide bonds. The summed E-state index contributed by atoms with van der Waals surface area (Å²) in [7, 11) is 0. The highest BCUT2D eigenvalue weighted by Gasteiger charge is 2.90. The summed E-state index contributed by atoms with van der Waals surface area (Å²) in [6, 6.07) is 0. The predicted octanol–water partition coefficient (Wildman–Crippen LogP) is 5.47. The Morgan fingerprint density at radius 3 is 1.53 bits per heavy atom. The summed E-state index contributed by atoms with van der Waals surface area (Å²) in [6.07, 6.45) is -13.3. The molecule has 0 aliphatic carbocycles. The second-order valence-corrected chi connectivity index (χ2v) is 6.46. The van der Waals surface area contributed by atoms with Gasteiger partial charge in [0.25, 0.3) is 0 Å². The van der Waals surface area contributed by atoms with E-state index in [0.29, 0.717) is 0 Å². The van der Waals surface area contributed by atoms with E-state index in [2.05, 4.69) is 4.74 Å². The van der Waals surface area contributed by atoms with Crippen LogP contribution in [0.15, 0.2) is 11.6 Å². The predicted molar refractivity (Wildman–Crippen MR) is 77.0 cm³/mol. The highest BCUT2D eigenvalue weighted by molar-refractivity contribution is 5.95. The summed E-state index contributed by atoms with van der Waals surface area (Å²) in [5.41, 5.74) is -1.35. The first-order valence-electron chi connectivity index (χ1n) is 7.97. The van der Waals surface area contributed by atoms with Crippen molar-refractivity contribution in [3.8, 4) is 0 Å². The van der Waals surface area contributed by atoms with Crippen LogP contribution in [0, 0.1) is 0 Å². The van der Waals surface area contributed by atoms with E-state index in [1.165, 1.54) is 0 Å². The van der Waals surface area contributed by atoms with Gasteiger partial charge in [-0.1, -0.05) is 0 Å². The van der Waals surface area contributed by atoms with Gasteiger partial charge in [0, 0.05) is 18.1 Å². The molecule has 0 aliphatic heterocycles. The van der Waals surface area contributed by atoms with Gasteiger partial charge < -0.3 is 9.84 Å². The average molecular weight is 504 g/mol. The quantitative estimate of drug-likeness (QED) is 0.244. The lowest BCUT2D eigenvalue weighted by Gasteiger charge is -2.39. The Morgan fingerprint density at radius 2 is 1.19 bits per heavy atom. The topological polar surface area (TPSA) is 63.6 Å². The van der Waals surface area contributed by atoms with Gasteiger partial charge in [-0.3, -0.25) is 0 Å². The van der Waals surface area contributed by atoms with E-state index < -0.39 is 72.2 Å². The number of alkyl halides is 13. The third-order valence-electron chi connectivity index (χ3n) is 3.61. The van der Waals surface area contributed by atoms with Crippen molar-refractivity contribution >= 4 is 11.9 Å². The van der Waals surface area contributed by atoms with Gasteiger partial charge in [0.2, 0.25) is 0 Å². The van der Waals surface area contributed by atoms with Crippen LogP contribution in [0.2, 0.25) is 0 Å². The Kier molecular flexibility index (Phi) is 8.33. The molecule has 0 radical (unpaired) electrons. The minimum atomic E-state index is -8.04. The van der Waals surface area contributed by atoms with Crippen molar-refractivity contribution in [3.05, 3.63) is 11.6 Å². The second-order valence-electron chi connectivity index (χ2n) is 6.46. The van der Waals surface area contributed by atoms with E-state index in [0.717, 1.165) is 13.8 Å². The summed E-state index contributed by atoms with van der Waals surface area (Å²) >= 11 is 0. The summed E-state index contributed by atoms with van der Waals surface area (Å²) in [5.74, 6) is -41.6. The molecule has 0 rings (SSSR count). The molecule has 4 nitrogen and oxygen atoms in total. The van der Waals surface area contributed by atoms with Gasteiger partial charge in [0.05, 0.1) is 6.10 Å². The molecule has 0 unspecified atom stereocenters. The van der Waals surface area contributed by atoms with Gasteiger partial charge >= 0.3 is 47.7 Å². The first-order chi connectivity index (χ1) is 13.9. The molecule has 0 saturated heterocycles. The molecule has 0 fully saturated rings. The highest BCUT2D eigenvalue weighted by Crippen LogP contribution is 2.60. The molecule has 188 valence electrons. The summed E-state index contributed by atoms with van der Waals surface area (Å²) < 4.78 is 174. The van der Waals surface area contributed by atoms with Crippen LogP contribution in [-0.4, -0.2) is 58.9 Å². The zero-order chi connectivity index (χ0) is 26.1. The fraction of sp³-hybridized carbons (Fsp3) is 0.733. The van der Waals surface area contributed by atoms with Gasteiger partial charge in [0.15, 0.2) is 0 Å². The molecule has 1 N–H and O–H groups in total. The van der Waals surface area contributed by atoms with E-state index in [1.54, 1.807) is 0 Å². The normalized spacial score (nSPS) is 15.2. The van der Waals surface area contributed by atoms with E-state index >= 15 is 0 Å². The number of aliphatic carboxylic acids is 1. The first-order valence-corrected chi connectivity index (χ1v) is 7.97. The van der Waals surface area contributed by atoms with Crippen molar-refractivity contribution in [3.63, 3.8) is 0 Å². The average Bonchev–Trinajstić information content (AvgIpc) is 2.55. The van der Waals surface area contributed by atoms with Crippen LogP contribution in [-0.2, 0) is 14.3 Å². The molecule has 0 aromatic carbocycles. The van der Waals surface area contributed by atoms with Crippen LogP contribution in [0.25, 0.3) is 0 Å². The molecule has 0 heterocycles. The van der Waals surface area contributed by atoms with E-state index in [1.807, 2.05) is 0 Å². The molecular weight excluding hydrogens is 491 g/mol. The molecule has 0 aliphatic rings. The largest absolute Gasteiger partial charge is 0.478 e. The number of ether oxygens (including phenoxy) is 1. The number of carboxylic acid groups (broad SMARTS) is 1. The molecule has 0 bridgehead atoms. The zero-order valence-corrected chi connectivity index (χ0v) is 15.7. The van der Waals surface area contributed by atoms with Crippen LogP contribution in [0.4, 0.5) is 57.1 Å². The molecular formula is C15H13F13O4. The number of carbonyl (C=O) groups excluding carboxylic acids is 1. The van der Waals surface area contributed by atoms with Crippen LogP contribution in [0.5, 0.6) is 0 Å². The van der Waals surface area contributed by atoms with E-state index in [4.69, 9.17) is 5.11 Å². The number of hydrogen-bond donors (Lipinski definition) is 1. The van der Waals surface area contributed by atoms with Crippen LogP contribution < -0.4 is 0 Å². The minimum Gasteiger partial charge on any atom is -0.478 e. The fourth-order valence-corrected chi connectivity index (χ4v) is 1.92. The molecule has 0 aromatic rings. The Bertz CT molecular complexity index is 738. The first kappa shape index (κ1) is 29.8. The van der Waals surface area contributed by atoms with E-state index in [-0.39, 0.29) is 6.08 Å². The number of rotatable bonds is 10. The number of esters is 1. The number of carboxylic acids is 1. The number of halogens is 13. The van der Waals surface area contributed by atoms with Crippen molar-refractivity contribution < 1.29 is 76.5 Å². The Balaban J connectivity index is 6.13. The maximum atomic E-state index is 13.7. The lowest BCUT2D eigenvalue weighted by Crippen LogP contribution is -2.70. The van der Waals surface area contributed by atoms with E-state index in [9.17, 15) is 66.7 Å². The van der Waals surface area contributed by atoms with Crippen LogP contribution in [0.1, 0.15) is 26.7 Å². The van der Waals surface area contributed by atoms with Gasteiger partial charge in [-0.2, -0.15) is 57.1 Å². The lowest BCUT2D eigenvalue weighted by atomic mass is 9.91. The maximum absolute atomic E-state index is 13.7. The molecule has 32 heavy (non-hydrogen) atoms. The molecule has 0 aromatic heterocycles. The van der Waals surface area contributed by atoms with Gasteiger partial charge in [-0.25, -0.2) is 9.59 Å². The van der Waals surface area contributed by atoms with Gasteiger partial charge in [-0.05, 0) is 20.3 Å². The van der Waals surface area contributed by atoms with Crippen molar-refractivity contribution in [1.82, 2.24) is 0 Å². The Morgan fingerprint density at radius 1 is 0.781 bits per heavy atom. The number of carbonyl (C=O) groups is 2. The highest BCUT2D eigenvalue weighted by atomic mass is 19.4. The zero-order valence-electron chi connectivity index (χ0n) is 15.7. The summed E-state index contributed by atoms with van der Waals surface area (Å²) in [5, 5.41) is 8.53. The lowest BCUT2D eigenvalue weighted by molar-refractivity contribution is -0.440. The van der Waals surface area contributed by atoms with Crippen molar-refractivity contribution in [2.75, 3.05) is 0 Å². The Labute approximate surface area is 170 Å². The smallest absolute Gasteiger partial charge is 0.460 e. The summed E-state index contributed by atoms with van der Waals surface area (Å²) in [4.78, 5) is 22.2. The molecule has 0 saturated carbocycles. The van der Waals surface area contributed by atoms with Crippen molar-refractivity contribution in [2.45, 2.75) is 68.6 Å². The second kappa shape index (κ2) is 8.96. The molecule has 0 spiro atoms. The monoisotopic (exact) mass is 504 g/mol. The third kappa shape index (κ3) is 5.39. The molecule has 0 atom stereocenters. The van der Waals surface area contributed by atoms with Crippen LogP contribution in [0.3, 0.4) is 0 Å². The Hall–Kier alpha value is -2.23. The fourth-order valence-electron chi connectivity index (χ4n) is 1.92. The van der Waals surface area contributed by atoms with Crippen molar-refractivity contribution in [2.24, 2.45) is 0 Å². The minimum absolute atomic E-state index is 0.177. The number of hydrogen-bond acceptors (Lipinski definition) is 3. The van der Waals surface area contributed by atoms with Gasteiger partial charge in [-0.15, -0.1) is 0 Å². The summed E-state index contributed by atoms with van der Waals surface area (Å²) in [6.45, 7) is 2.31. The standard InChI is InChI=1S/C15H13F13O4/c1-6(2)32-9(31)7(5-8(29)30)3-4-10(16,17)11(18,19)12(20,21)13(22,23)14(24,25)15(26,27)28/h5-6H,3-4H2,1-2H3,(H,29,30)/b7-5+. The van der Waals surface area contributed by atoms with Gasteiger partial charge in [0.1, 0.15) is 0 Å². The SMILES string of the molecule is CC(C)OC(=O)/C(=C/C(=O)O)CCC(F)(F)C(F)(F)C(F)(F)C(F)(F)C(F)(F)C(F)(F)F. The maximum Gasteiger partial charge on any atom is 0.460 e. The van der Waals surface area contributed by atoms with Crippen molar-refractivity contribution in [1.29, 1.82) is 0 Å².